The van der Waals surface area contributed by atoms with Gasteiger partial charge >= 0.3 is 6.09 Å². The molecule has 1 aliphatic heterocycles. The third-order valence-corrected chi connectivity index (χ3v) is 2.48. The summed E-state index contributed by atoms with van der Waals surface area (Å²) in [7, 11) is 0. The number of ether oxygens (including phenoxy) is 1. The van der Waals surface area contributed by atoms with Gasteiger partial charge in [-0.1, -0.05) is 24.8 Å². The quantitative estimate of drug-likeness (QED) is 0.734. The molecule has 0 aliphatic carbocycles. The minimum atomic E-state index is -0.616. The van der Waals surface area contributed by atoms with Crippen LogP contribution < -0.4 is 0 Å². The Balaban J connectivity index is 2.09. The molecule has 0 radical (unpaired) electrons. The Morgan fingerprint density at radius 3 is 2.82 bits per heavy atom. The van der Waals surface area contributed by atoms with Crippen LogP contribution in [-0.2, 0) is 11.3 Å². The van der Waals surface area contributed by atoms with Crippen LogP contribution in [0.25, 0.3) is 0 Å². The molecule has 17 heavy (non-hydrogen) atoms. The van der Waals surface area contributed by atoms with E-state index in [0.717, 1.165) is 16.0 Å². The van der Waals surface area contributed by atoms with Gasteiger partial charge in [0.25, 0.3) is 5.91 Å². The Labute approximate surface area is 99.5 Å². The monoisotopic (exact) mass is 231 g/mol. The van der Waals surface area contributed by atoms with E-state index in [1.165, 1.54) is 0 Å². The Hall–Kier alpha value is -2.10. The lowest BCUT2D eigenvalue weighted by molar-refractivity contribution is 0.0701. The third kappa shape index (κ3) is 2.20. The number of carbonyl (C=O) groups is 2. The van der Waals surface area contributed by atoms with E-state index < -0.39 is 6.09 Å². The molecule has 4 nitrogen and oxygen atoms in total. The lowest BCUT2D eigenvalue weighted by atomic mass is 10.1. The van der Waals surface area contributed by atoms with Crippen LogP contribution in [0.1, 0.15) is 22.8 Å². The van der Waals surface area contributed by atoms with E-state index in [4.69, 9.17) is 4.74 Å². The van der Waals surface area contributed by atoms with Gasteiger partial charge in [-0.2, -0.15) is 0 Å². The van der Waals surface area contributed by atoms with E-state index in [1.54, 1.807) is 19.1 Å². The first-order valence-corrected chi connectivity index (χ1v) is 5.30. The van der Waals surface area contributed by atoms with Crippen LogP contribution in [0, 0.1) is 0 Å². The van der Waals surface area contributed by atoms with Gasteiger partial charge in [0.05, 0.1) is 6.54 Å². The van der Waals surface area contributed by atoms with Crippen molar-refractivity contribution in [3.05, 3.63) is 47.5 Å². The van der Waals surface area contributed by atoms with Crippen molar-refractivity contribution < 1.29 is 14.3 Å². The molecule has 0 fully saturated rings. The van der Waals surface area contributed by atoms with Crippen LogP contribution in [-0.4, -0.2) is 23.5 Å². The topological polar surface area (TPSA) is 46.6 Å². The van der Waals surface area contributed by atoms with Crippen LogP contribution in [0.2, 0.25) is 0 Å². The molecule has 0 saturated heterocycles. The van der Waals surface area contributed by atoms with Gasteiger partial charge in [-0.25, -0.2) is 9.69 Å². The summed E-state index contributed by atoms with van der Waals surface area (Å²) >= 11 is 0. The molecule has 0 atom stereocenters. The number of rotatable bonds is 2. The summed E-state index contributed by atoms with van der Waals surface area (Å²) in [6.45, 7) is 5.81. The number of hydrogen-bond acceptors (Lipinski definition) is 3. The van der Waals surface area contributed by atoms with Gasteiger partial charge in [0.1, 0.15) is 6.61 Å². The molecule has 1 aromatic rings. The SMILES string of the molecule is C=C(C)COC(=O)N1Cc2ccccc2C1=O. The summed E-state index contributed by atoms with van der Waals surface area (Å²) in [4.78, 5) is 24.7. The van der Waals surface area contributed by atoms with Gasteiger partial charge < -0.3 is 4.74 Å². The summed E-state index contributed by atoms with van der Waals surface area (Å²) in [5.74, 6) is -0.299. The normalized spacial score (nSPS) is 13.5. The number of nitrogens with zero attached hydrogens (tertiary/aromatic N) is 1. The average Bonchev–Trinajstić information content (AvgIpc) is 2.64. The molecule has 0 unspecified atom stereocenters. The van der Waals surface area contributed by atoms with Gasteiger partial charge in [0.2, 0.25) is 0 Å². The van der Waals surface area contributed by atoms with Crippen LogP contribution in [0.3, 0.4) is 0 Å². The minimum Gasteiger partial charge on any atom is -0.445 e. The highest BCUT2D eigenvalue weighted by molar-refractivity contribution is 6.06. The van der Waals surface area contributed by atoms with E-state index in [9.17, 15) is 9.59 Å². The van der Waals surface area contributed by atoms with Gasteiger partial charge in [0, 0.05) is 5.56 Å². The molecule has 0 saturated carbocycles. The van der Waals surface area contributed by atoms with E-state index >= 15 is 0 Å². The number of benzene rings is 1. The van der Waals surface area contributed by atoms with Crippen molar-refractivity contribution in [1.82, 2.24) is 4.90 Å². The van der Waals surface area contributed by atoms with Crippen LogP contribution in [0.5, 0.6) is 0 Å². The first kappa shape index (κ1) is 11.4. The first-order chi connectivity index (χ1) is 8.09. The maximum atomic E-state index is 11.9. The molecular formula is C13H13NO3. The second-order valence-electron chi connectivity index (χ2n) is 4.06. The molecular weight excluding hydrogens is 218 g/mol. The van der Waals surface area contributed by atoms with Gasteiger partial charge in [-0.3, -0.25) is 4.79 Å². The highest BCUT2D eigenvalue weighted by Gasteiger charge is 2.32. The molecule has 0 bridgehead atoms. The summed E-state index contributed by atoms with van der Waals surface area (Å²) in [5, 5.41) is 0. The zero-order valence-corrected chi connectivity index (χ0v) is 9.60. The lowest BCUT2D eigenvalue weighted by Gasteiger charge is -2.13. The van der Waals surface area contributed by atoms with E-state index in [1.807, 2.05) is 12.1 Å². The predicted octanol–water partition coefficient (Wildman–Crippen LogP) is 2.36. The fourth-order valence-electron chi connectivity index (χ4n) is 1.66. The molecule has 1 aromatic carbocycles. The standard InChI is InChI=1S/C13H13NO3/c1-9(2)8-17-13(16)14-7-10-5-3-4-6-11(10)12(14)15/h3-6H,1,7-8H2,2H3. The van der Waals surface area contributed by atoms with Crippen LogP contribution in [0.4, 0.5) is 4.79 Å². The van der Waals surface area contributed by atoms with Gasteiger partial charge in [-0.15, -0.1) is 0 Å². The molecule has 2 amide bonds. The molecule has 88 valence electrons. The Bertz CT molecular complexity index is 493. The molecule has 4 heteroatoms. The number of carbonyl (C=O) groups excluding carboxylic acids is 2. The maximum absolute atomic E-state index is 11.9. The largest absolute Gasteiger partial charge is 0.445 e. The molecule has 0 N–H and O–H groups in total. The minimum absolute atomic E-state index is 0.138. The number of fused-ring (bicyclic) bond motifs is 1. The Morgan fingerprint density at radius 2 is 2.18 bits per heavy atom. The second-order valence-corrected chi connectivity index (χ2v) is 4.06. The maximum Gasteiger partial charge on any atom is 0.417 e. The number of amides is 2. The molecule has 1 heterocycles. The van der Waals surface area contributed by atoms with Crippen molar-refractivity contribution >= 4 is 12.0 Å². The smallest absolute Gasteiger partial charge is 0.417 e. The average molecular weight is 231 g/mol. The fourth-order valence-corrected chi connectivity index (χ4v) is 1.66. The Kier molecular flexibility index (Phi) is 2.95. The van der Waals surface area contributed by atoms with E-state index in [0.29, 0.717) is 5.56 Å². The van der Waals surface area contributed by atoms with Crippen molar-refractivity contribution in [2.45, 2.75) is 13.5 Å². The van der Waals surface area contributed by atoms with Gasteiger partial charge in [-0.05, 0) is 24.1 Å². The zero-order valence-electron chi connectivity index (χ0n) is 9.60. The third-order valence-electron chi connectivity index (χ3n) is 2.48. The van der Waals surface area contributed by atoms with Crippen molar-refractivity contribution in [2.24, 2.45) is 0 Å². The van der Waals surface area contributed by atoms with Gasteiger partial charge in [0.15, 0.2) is 0 Å². The Morgan fingerprint density at radius 1 is 1.47 bits per heavy atom. The van der Waals surface area contributed by atoms with Crippen molar-refractivity contribution in [2.75, 3.05) is 6.61 Å². The summed E-state index contributed by atoms with van der Waals surface area (Å²) in [6, 6.07) is 7.16. The second kappa shape index (κ2) is 4.41. The molecule has 0 aromatic heterocycles. The summed E-state index contributed by atoms with van der Waals surface area (Å²) in [5.41, 5.74) is 2.16. The van der Waals surface area contributed by atoms with Crippen LogP contribution >= 0.6 is 0 Å². The zero-order chi connectivity index (χ0) is 12.4. The van der Waals surface area contributed by atoms with E-state index in [2.05, 4.69) is 6.58 Å². The van der Waals surface area contributed by atoms with Crippen molar-refractivity contribution in [3.8, 4) is 0 Å². The van der Waals surface area contributed by atoms with Crippen molar-refractivity contribution in [1.29, 1.82) is 0 Å². The molecule has 0 spiro atoms. The fraction of sp³-hybridized carbons (Fsp3) is 0.231. The number of hydrogen-bond donors (Lipinski definition) is 0. The number of imide groups is 1. The highest BCUT2D eigenvalue weighted by atomic mass is 16.6. The lowest BCUT2D eigenvalue weighted by Crippen LogP contribution is -2.32. The van der Waals surface area contributed by atoms with E-state index in [-0.39, 0.29) is 19.1 Å². The molecule has 2 rings (SSSR count). The first-order valence-electron chi connectivity index (χ1n) is 5.30. The summed E-state index contributed by atoms with van der Waals surface area (Å²) < 4.78 is 4.96. The molecule has 1 aliphatic rings. The highest BCUT2D eigenvalue weighted by Crippen LogP contribution is 2.22. The predicted molar refractivity (Wildman–Crippen MR) is 62.5 cm³/mol. The summed E-state index contributed by atoms with van der Waals surface area (Å²) in [6.07, 6.45) is -0.616. The van der Waals surface area contributed by atoms with Crippen molar-refractivity contribution in [3.63, 3.8) is 0 Å². The van der Waals surface area contributed by atoms with Crippen LogP contribution in [0.15, 0.2) is 36.4 Å².